The molecule has 0 unspecified atom stereocenters. The molecule has 2 aliphatic heterocycles. The first-order valence-corrected chi connectivity index (χ1v) is 11.5. The molecule has 5 rings (SSSR count). The molecule has 1 atom stereocenters. The van der Waals surface area contributed by atoms with Crippen LogP contribution < -0.4 is 0 Å². The molecule has 0 spiro atoms. The summed E-state index contributed by atoms with van der Waals surface area (Å²) in [5.74, 6) is 0.684. The Bertz CT molecular complexity index is 1200. The molecule has 2 aromatic heterocycles. The Hall–Kier alpha value is -3.26. The molecular weight excluding hydrogens is 420 g/mol. The number of carbonyl (C=O) groups is 2. The van der Waals surface area contributed by atoms with E-state index in [1.807, 2.05) is 43.0 Å². The fraction of sp³-hybridized carbons (Fsp3) is 0.440. The molecule has 0 bridgehead atoms. The summed E-state index contributed by atoms with van der Waals surface area (Å²) >= 11 is 0. The van der Waals surface area contributed by atoms with E-state index >= 15 is 0 Å². The Kier molecular flexibility index (Phi) is 5.85. The summed E-state index contributed by atoms with van der Waals surface area (Å²) in [6, 6.07) is 7.45. The number of fused-ring (bicyclic) bond motifs is 1. The number of hydrogen-bond acceptors (Lipinski definition) is 6. The molecular formula is C25H28N4O4. The first-order valence-electron chi connectivity index (χ1n) is 11.5. The molecule has 0 radical (unpaired) electrons. The summed E-state index contributed by atoms with van der Waals surface area (Å²) in [6.45, 7) is 6.70. The fourth-order valence-corrected chi connectivity index (χ4v) is 4.65. The number of carbonyl (C=O) groups excluding carboxylic acids is 2. The summed E-state index contributed by atoms with van der Waals surface area (Å²) < 4.78 is 11.2. The number of benzene rings is 1. The average Bonchev–Trinajstić information content (AvgIpc) is 3.27. The number of aromatic nitrogens is 2. The molecule has 0 aliphatic carbocycles. The molecule has 3 aromatic rings. The van der Waals surface area contributed by atoms with Crippen molar-refractivity contribution in [2.45, 2.75) is 39.2 Å². The van der Waals surface area contributed by atoms with Gasteiger partial charge in [0.05, 0.1) is 30.5 Å². The number of rotatable bonds is 3. The zero-order chi connectivity index (χ0) is 22.9. The number of piperidine rings is 1. The zero-order valence-electron chi connectivity index (χ0n) is 19.0. The summed E-state index contributed by atoms with van der Waals surface area (Å²) in [6.07, 6.45) is 4.30. The number of furan rings is 1. The highest BCUT2D eigenvalue weighted by Crippen LogP contribution is 2.32. The van der Waals surface area contributed by atoms with Gasteiger partial charge in [-0.05, 0) is 51.3 Å². The Morgan fingerprint density at radius 1 is 1.03 bits per heavy atom. The molecule has 2 fully saturated rings. The van der Waals surface area contributed by atoms with Crippen LogP contribution in [0.3, 0.4) is 0 Å². The van der Waals surface area contributed by atoms with E-state index in [0.717, 1.165) is 30.2 Å². The van der Waals surface area contributed by atoms with Gasteiger partial charge >= 0.3 is 0 Å². The number of morpholine rings is 1. The standard InChI is InChI=1S/C25H28N4O4/c1-16-6-7-21-18(13-16)14-22(33-21)25(31)29-8-4-3-5-20(29)23-26-15-19(17(2)27-23)24(30)28-9-11-32-12-10-28/h6-7,13-15,20H,3-5,8-12H2,1-2H3/t20-/m1/s1. The zero-order valence-corrected chi connectivity index (χ0v) is 19.0. The van der Waals surface area contributed by atoms with Crippen LogP contribution >= 0.6 is 0 Å². The van der Waals surface area contributed by atoms with Crippen LogP contribution in [-0.2, 0) is 4.74 Å². The molecule has 4 heterocycles. The second-order valence-electron chi connectivity index (χ2n) is 8.79. The van der Waals surface area contributed by atoms with Gasteiger partial charge in [0.15, 0.2) is 11.6 Å². The third-order valence-electron chi connectivity index (χ3n) is 6.47. The molecule has 8 heteroatoms. The second kappa shape index (κ2) is 8.94. The molecule has 2 aliphatic rings. The molecule has 0 saturated carbocycles. The molecule has 8 nitrogen and oxygen atoms in total. The third kappa shape index (κ3) is 4.23. The molecule has 33 heavy (non-hydrogen) atoms. The Morgan fingerprint density at radius 3 is 2.64 bits per heavy atom. The van der Waals surface area contributed by atoms with Crippen LogP contribution in [0.25, 0.3) is 11.0 Å². The number of hydrogen-bond donors (Lipinski definition) is 0. The van der Waals surface area contributed by atoms with Gasteiger partial charge in [-0.3, -0.25) is 9.59 Å². The van der Waals surface area contributed by atoms with E-state index in [2.05, 4.69) is 9.97 Å². The maximum Gasteiger partial charge on any atom is 0.290 e. The number of ether oxygens (including phenoxy) is 1. The van der Waals surface area contributed by atoms with Crippen LogP contribution in [0.1, 0.15) is 63.3 Å². The highest BCUT2D eigenvalue weighted by atomic mass is 16.5. The van der Waals surface area contributed by atoms with Gasteiger partial charge in [-0.25, -0.2) is 9.97 Å². The molecule has 2 saturated heterocycles. The number of nitrogens with zero attached hydrogens (tertiary/aromatic N) is 4. The van der Waals surface area contributed by atoms with Gasteiger partial charge in [-0.15, -0.1) is 0 Å². The lowest BCUT2D eigenvalue weighted by atomic mass is 10.0. The number of aryl methyl sites for hydroxylation is 2. The van der Waals surface area contributed by atoms with E-state index in [4.69, 9.17) is 9.15 Å². The molecule has 1 aromatic carbocycles. The van der Waals surface area contributed by atoms with Crippen LogP contribution in [0, 0.1) is 13.8 Å². The van der Waals surface area contributed by atoms with Crippen molar-refractivity contribution < 1.29 is 18.7 Å². The minimum atomic E-state index is -0.243. The predicted molar refractivity (Wildman–Crippen MR) is 122 cm³/mol. The quantitative estimate of drug-likeness (QED) is 0.607. The minimum Gasteiger partial charge on any atom is -0.451 e. The van der Waals surface area contributed by atoms with Crippen LogP contribution in [0.15, 0.2) is 34.9 Å². The SMILES string of the molecule is Cc1ccc2oc(C(=O)N3CCCC[C@@H]3c3ncc(C(=O)N4CCOCC4)c(C)n3)cc2c1. The predicted octanol–water partition coefficient (Wildman–Crippen LogP) is 3.68. The van der Waals surface area contributed by atoms with Crippen molar-refractivity contribution in [3.05, 3.63) is 58.9 Å². The van der Waals surface area contributed by atoms with Crippen molar-refractivity contribution in [1.29, 1.82) is 0 Å². The molecule has 0 N–H and O–H groups in total. The number of amides is 2. The van der Waals surface area contributed by atoms with Gasteiger partial charge < -0.3 is 19.0 Å². The third-order valence-corrected chi connectivity index (χ3v) is 6.47. The van der Waals surface area contributed by atoms with Gasteiger partial charge in [-0.1, -0.05) is 11.6 Å². The normalized spacial score (nSPS) is 19.2. The summed E-state index contributed by atoms with van der Waals surface area (Å²) in [4.78, 5) is 39.1. The van der Waals surface area contributed by atoms with Crippen molar-refractivity contribution in [3.8, 4) is 0 Å². The topological polar surface area (TPSA) is 88.8 Å². The van der Waals surface area contributed by atoms with Crippen LogP contribution in [0.5, 0.6) is 0 Å². The summed E-state index contributed by atoms with van der Waals surface area (Å²) in [7, 11) is 0. The lowest BCUT2D eigenvalue weighted by molar-refractivity contribution is 0.0301. The summed E-state index contributed by atoms with van der Waals surface area (Å²) in [5.41, 5.74) is 2.96. The van der Waals surface area contributed by atoms with E-state index in [9.17, 15) is 9.59 Å². The molecule has 172 valence electrons. The maximum absolute atomic E-state index is 13.4. The van der Waals surface area contributed by atoms with Gasteiger partial charge in [0.25, 0.3) is 11.8 Å². The van der Waals surface area contributed by atoms with E-state index in [-0.39, 0.29) is 17.9 Å². The highest BCUT2D eigenvalue weighted by Gasteiger charge is 2.33. The van der Waals surface area contributed by atoms with Crippen molar-refractivity contribution in [1.82, 2.24) is 19.8 Å². The van der Waals surface area contributed by atoms with E-state index in [1.165, 1.54) is 0 Å². The molecule has 2 amide bonds. The Labute approximate surface area is 192 Å². The lowest BCUT2D eigenvalue weighted by Crippen LogP contribution is -2.41. The van der Waals surface area contributed by atoms with Gasteiger partial charge in [0.1, 0.15) is 5.58 Å². The van der Waals surface area contributed by atoms with E-state index in [0.29, 0.717) is 61.3 Å². The average molecular weight is 449 g/mol. The van der Waals surface area contributed by atoms with Gasteiger partial charge in [0.2, 0.25) is 0 Å². The largest absolute Gasteiger partial charge is 0.451 e. The van der Waals surface area contributed by atoms with Crippen molar-refractivity contribution in [3.63, 3.8) is 0 Å². The second-order valence-corrected chi connectivity index (χ2v) is 8.79. The minimum absolute atomic E-state index is 0.0727. The fourth-order valence-electron chi connectivity index (χ4n) is 4.65. The first kappa shape index (κ1) is 21.6. The smallest absolute Gasteiger partial charge is 0.290 e. The maximum atomic E-state index is 13.4. The van der Waals surface area contributed by atoms with Crippen LogP contribution in [0.4, 0.5) is 0 Å². The van der Waals surface area contributed by atoms with E-state index in [1.54, 1.807) is 11.1 Å². The number of likely N-dealkylation sites (tertiary alicyclic amines) is 1. The van der Waals surface area contributed by atoms with Crippen molar-refractivity contribution >= 4 is 22.8 Å². The van der Waals surface area contributed by atoms with Crippen LogP contribution in [-0.4, -0.2) is 64.4 Å². The monoisotopic (exact) mass is 448 g/mol. The van der Waals surface area contributed by atoms with Gasteiger partial charge in [-0.2, -0.15) is 0 Å². The van der Waals surface area contributed by atoms with Gasteiger partial charge in [0, 0.05) is 31.2 Å². The van der Waals surface area contributed by atoms with E-state index < -0.39 is 0 Å². The van der Waals surface area contributed by atoms with Crippen LogP contribution in [0.2, 0.25) is 0 Å². The lowest BCUT2D eigenvalue weighted by Gasteiger charge is -2.34. The Morgan fingerprint density at radius 2 is 1.85 bits per heavy atom. The Balaban J connectivity index is 1.40. The van der Waals surface area contributed by atoms with Crippen molar-refractivity contribution in [2.75, 3.05) is 32.8 Å². The highest BCUT2D eigenvalue weighted by molar-refractivity contribution is 5.96. The first-order chi connectivity index (χ1) is 16.0. The van der Waals surface area contributed by atoms with Crippen molar-refractivity contribution in [2.24, 2.45) is 0 Å². The summed E-state index contributed by atoms with van der Waals surface area (Å²) in [5, 5.41) is 0.921.